The molecule has 0 saturated heterocycles. The van der Waals surface area contributed by atoms with E-state index >= 15 is 0 Å². The van der Waals surface area contributed by atoms with Crippen molar-refractivity contribution in [1.29, 1.82) is 0 Å². The zero-order chi connectivity index (χ0) is 21.7. The summed E-state index contributed by atoms with van der Waals surface area (Å²) in [6.45, 7) is 1.96. The van der Waals surface area contributed by atoms with Gasteiger partial charge in [0.15, 0.2) is 11.5 Å². The Kier molecular flexibility index (Phi) is 4.00. The summed E-state index contributed by atoms with van der Waals surface area (Å²) in [5.41, 5.74) is 6.92. The molecule has 0 bridgehead atoms. The molecule has 0 radical (unpaired) electrons. The largest absolute Gasteiger partial charge is 0.495 e. The number of pyridine rings is 2. The highest BCUT2D eigenvalue weighted by atomic mass is 16.5. The summed E-state index contributed by atoms with van der Waals surface area (Å²) in [6.07, 6.45) is 8.99. The molecule has 9 nitrogen and oxygen atoms in total. The molecule has 2 N–H and O–H groups in total. The van der Waals surface area contributed by atoms with Crippen LogP contribution in [0.25, 0.3) is 50.4 Å². The van der Waals surface area contributed by atoms with E-state index in [2.05, 4.69) is 36.2 Å². The summed E-state index contributed by atoms with van der Waals surface area (Å²) >= 11 is 0. The van der Waals surface area contributed by atoms with Crippen molar-refractivity contribution in [3.8, 4) is 34.1 Å². The van der Waals surface area contributed by atoms with Crippen molar-refractivity contribution in [2.45, 2.75) is 6.92 Å². The summed E-state index contributed by atoms with van der Waals surface area (Å²) in [4.78, 5) is 21.1. The van der Waals surface area contributed by atoms with Gasteiger partial charge in [0.1, 0.15) is 17.0 Å². The van der Waals surface area contributed by atoms with Crippen LogP contribution in [0.4, 0.5) is 0 Å². The van der Waals surface area contributed by atoms with Gasteiger partial charge in [-0.25, -0.2) is 15.0 Å². The zero-order valence-electron chi connectivity index (χ0n) is 17.4. The number of imidazole rings is 2. The molecule has 0 atom stereocenters. The smallest absolute Gasteiger partial charge is 0.180 e. The van der Waals surface area contributed by atoms with Gasteiger partial charge in [0.05, 0.1) is 36.5 Å². The van der Waals surface area contributed by atoms with Gasteiger partial charge in [0.2, 0.25) is 0 Å². The average molecular weight is 422 g/mol. The number of hydrogen-bond acceptors (Lipinski definition) is 6. The molecule has 32 heavy (non-hydrogen) atoms. The van der Waals surface area contributed by atoms with E-state index in [0.29, 0.717) is 17.2 Å². The first-order valence-corrected chi connectivity index (χ1v) is 10.0. The molecule has 1 aromatic carbocycles. The lowest BCUT2D eigenvalue weighted by Gasteiger charge is -2.04. The lowest BCUT2D eigenvalue weighted by molar-refractivity contribution is 0.413. The molecule has 5 heterocycles. The van der Waals surface area contributed by atoms with Crippen LogP contribution in [0.2, 0.25) is 0 Å². The van der Waals surface area contributed by atoms with E-state index in [-0.39, 0.29) is 0 Å². The van der Waals surface area contributed by atoms with Crippen LogP contribution in [0.5, 0.6) is 5.75 Å². The second kappa shape index (κ2) is 7.02. The zero-order valence-corrected chi connectivity index (χ0v) is 17.4. The Balaban J connectivity index is 1.49. The lowest BCUT2D eigenvalue weighted by atomic mass is 10.0. The molecule has 6 rings (SSSR count). The topological polar surface area (TPSA) is 110 Å². The van der Waals surface area contributed by atoms with E-state index in [0.717, 1.165) is 44.6 Å². The van der Waals surface area contributed by atoms with Gasteiger partial charge in [-0.1, -0.05) is 6.07 Å². The van der Waals surface area contributed by atoms with Gasteiger partial charge in [-0.2, -0.15) is 5.10 Å². The van der Waals surface area contributed by atoms with Crippen LogP contribution in [0.3, 0.4) is 0 Å². The van der Waals surface area contributed by atoms with Crippen molar-refractivity contribution in [1.82, 2.24) is 39.7 Å². The minimum Gasteiger partial charge on any atom is -0.495 e. The van der Waals surface area contributed by atoms with Gasteiger partial charge in [0.25, 0.3) is 0 Å². The molecular weight excluding hydrogens is 404 g/mol. The molecule has 5 aromatic heterocycles. The maximum absolute atomic E-state index is 5.32. The quantitative estimate of drug-likeness (QED) is 0.443. The maximum Gasteiger partial charge on any atom is 0.180 e. The highest BCUT2D eigenvalue weighted by Crippen LogP contribution is 2.31. The van der Waals surface area contributed by atoms with Gasteiger partial charge >= 0.3 is 0 Å². The summed E-state index contributed by atoms with van der Waals surface area (Å²) in [5.74, 6) is 1.35. The SMILES string of the molecule is COc1cncc(-c2ccc3[nH]nc(-c4nc5nccc(-n6cnc(C)c6)c5[nH]4)c3c2)c1. The number of rotatable bonds is 4. The molecule has 9 heteroatoms. The Morgan fingerprint density at radius 2 is 1.97 bits per heavy atom. The van der Waals surface area contributed by atoms with Crippen LogP contribution in [-0.2, 0) is 0 Å². The van der Waals surface area contributed by atoms with Crippen molar-refractivity contribution in [3.63, 3.8) is 0 Å². The van der Waals surface area contributed by atoms with E-state index in [9.17, 15) is 0 Å². The fourth-order valence-electron chi connectivity index (χ4n) is 3.84. The van der Waals surface area contributed by atoms with Crippen molar-refractivity contribution in [2.24, 2.45) is 0 Å². The number of ether oxygens (including phenoxy) is 1. The average Bonchev–Trinajstić information content (AvgIpc) is 3.55. The van der Waals surface area contributed by atoms with Gasteiger partial charge in [-0.05, 0) is 36.8 Å². The fourth-order valence-corrected chi connectivity index (χ4v) is 3.84. The number of fused-ring (bicyclic) bond motifs is 2. The normalized spacial score (nSPS) is 11.4. The Morgan fingerprint density at radius 1 is 1.03 bits per heavy atom. The van der Waals surface area contributed by atoms with Gasteiger partial charge in [0, 0.05) is 29.5 Å². The monoisotopic (exact) mass is 422 g/mol. The van der Waals surface area contributed by atoms with E-state index in [1.165, 1.54) is 0 Å². The predicted octanol–water partition coefficient (Wildman–Crippen LogP) is 4.07. The minimum absolute atomic E-state index is 0.619. The first-order chi connectivity index (χ1) is 15.7. The van der Waals surface area contributed by atoms with Crippen molar-refractivity contribution in [2.75, 3.05) is 7.11 Å². The third kappa shape index (κ3) is 2.90. The summed E-state index contributed by atoms with van der Waals surface area (Å²) in [6, 6.07) is 9.99. The number of nitrogens with zero attached hydrogens (tertiary/aromatic N) is 6. The third-order valence-electron chi connectivity index (χ3n) is 5.43. The van der Waals surface area contributed by atoms with Gasteiger partial charge in [-0.15, -0.1) is 0 Å². The Hall–Kier alpha value is -4.53. The van der Waals surface area contributed by atoms with Crippen LogP contribution in [0, 0.1) is 6.92 Å². The molecule has 0 unspecified atom stereocenters. The molecule has 0 aliphatic rings. The molecule has 0 aliphatic heterocycles. The number of aryl methyl sites for hydroxylation is 1. The van der Waals surface area contributed by atoms with Crippen LogP contribution >= 0.6 is 0 Å². The number of aromatic nitrogens is 8. The molecule has 6 aromatic rings. The van der Waals surface area contributed by atoms with Crippen molar-refractivity contribution < 1.29 is 4.74 Å². The molecule has 0 amide bonds. The second-order valence-corrected chi connectivity index (χ2v) is 7.48. The first-order valence-electron chi connectivity index (χ1n) is 10.0. The van der Waals surface area contributed by atoms with E-state index in [1.807, 2.05) is 48.1 Å². The number of methoxy groups -OCH3 is 1. The molecule has 0 spiro atoms. The summed E-state index contributed by atoms with van der Waals surface area (Å²) in [5, 5.41) is 8.57. The van der Waals surface area contributed by atoms with Crippen molar-refractivity contribution >= 4 is 22.1 Å². The molecule has 0 fully saturated rings. The summed E-state index contributed by atoms with van der Waals surface area (Å²) < 4.78 is 7.27. The minimum atomic E-state index is 0.619. The fraction of sp³-hybridized carbons (Fsp3) is 0.0870. The number of H-pyrrole nitrogens is 2. The number of aromatic amines is 2. The Morgan fingerprint density at radius 3 is 2.81 bits per heavy atom. The third-order valence-corrected chi connectivity index (χ3v) is 5.43. The van der Waals surface area contributed by atoms with Gasteiger partial charge < -0.3 is 14.3 Å². The predicted molar refractivity (Wildman–Crippen MR) is 121 cm³/mol. The van der Waals surface area contributed by atoms with Crippen molar-refractivity contribution in [3.05, 3.63) is 67.1 Å². The van der Waals surface area contributed by atoms with Crippen LogP contribution in [0.15, 0.2) is 61.4 Å². The first kappa shape index (κ1) is 18.3. The van der Waals surface area contributed by atoms with Crippen LogP contribution < -0.4 is 4.74 Å². The number of hydrogen-bond donors (Lipinski definition) is 2. The Bertz CT molecular complexity index is 1590. The lowest BCUT2D eigenvalue weighted by Crippen LogP contribution is -1.92. The summed E-state index contributed by atoms with van der Waals surface area (Å²) in [7, 11) is 1.63. The molecular formula is C23H18N8O. The highest BCUT2D eigenvalue weighted by molar-refractivity contribution is 5.96. The molecule has 0 saturated carbocycles. The van der Waals surface area contributed by atoms with E-state index in [1.54, 1.807) is 25.8 Å². The van der Waals surface area contributed by atoms with E-state index < -0.39 is 0 Å². The van der Waals surface area contributed by atoms with E-state index in [4.69, 9.17) is 9.72 Å². The highest BCUT2D eigenvalue weighted by Gasteiger charge is 2.16. The maximum atomic E-state index is 5.32. The second-order valence-electron chi connectivity index (χ2n) is 7.48. The van der Waals surface area contributed by atoms with Gasteiger partial charge in [-0.3, -0.25) is 10.1 Å². The number of benzene rings is 1. The molecule has 0 aliphatic carbocycles. The number of nitrogens with one attached hydrogen (secondary N) is 2. The Labute approximate surface area is 182 Å². The molecule has 156 valence electrons. The standard InChI is InChI=1S/C23H18N8O/c1-13-11-31(12-26-13)19-5-6-25-22-21(19)27-23(28-22)20-17-8-14(3-4-18(17)29-30-20)15-7-16(32-2)10-24-9-15/h3-12H,1-2H3,(H,29,30)(H,25,27,28). The van der Waals surface area contributed by atoms with Crippen LogP contribution in [0.1, 0.15) is 5.69 Å². The van der Waals surface area contributed by atoms with Crippen LogP contribution in [-0.4, -0.2) is 46.8 Å².